The van der Waals surface area contributed by atoms with Crippen LogP contribution in [0.15, 0.2) is 0 Å². The molecule has 2 heteroatoms. The van der Waals surface area contributed by atoms with Gasteiger partial charge in [0.15, 0.2) is 0 Å². The summed E-state index contributed by atoms with van der Waals surface area (Å²) in [5, 5.41) is 0. The summed E-state index contributed by atoms with van der Waals surface area (Å²) in [7, 11) is 1.71. The van der Waals surface area contributed by atoms with E-state index in [0.29, 0.717) is 12.1 Å². The van der Waals surface area contributed by atoms with Crippen molar-refractivity contribution >= 4 is 0 Å². The first kappa shape index (κ1) is 5.06. The van der Waals surface area contributed by atoms with Crippen LogP contribution in [-0.4, -0.2) is 19.3 Å². The summed E-state index contributed by atoms with van der Waals surface area (Å²) in [6.07, 6.45) is 2.65. The van der Waals surface area contributed by atoms with Crippen molar-refractivity contribution < 1.29 is 4.74 Å². The molecule has 2 N–H and O–H groups in total. The molecule has 0 bridgehead atoms. The van der Waals surface area contributed by atoms with Crippen molar-refractivity contribution in [2.24, 2.45) is 5.73 Å². The van der Waals surface area contributed by atoms with Gasteiger partial charge in [-0.1, -0.05) is 0 Å². The van der Waals surface area contributed by atoms with E-state index in [1.807, 2.05) is 0 Å². The second kappa shape index (κ2) is 1.80. The lowest BCUT2D eigenvalue weighted by Gasteiger charge is -2.31. The van der Waals surface area contributed by atoms with Crippen LogP contribution in [0.5, 0.6) is 0 Å². The molecule has 0 amide bonds. The Balaban J connectivity index is 2.16. The summed E-state index contributed by atoms with van der Waals surface area (Å²) in [5.41, 5.74) is 5.51. The van der Waals surface area contributed by atoms with Crippen molar-refractivity contribution in [3.63, 3.8) is 0 Å². The van der Waals surface area contributed by atoms with Gasteiger partial charge in [0.05, 0.1) is 6.10 Å². The van der Waals surface area contributed by atoms with Gasteiger partial charge in [-0.15, -0.1) is 0 Å². The summed E-state index contributed by atoms with van der Waals surface area (Å²) in [5.74, 6) is 0. The first-order valence-corrected chi connectivity index (χ1v) is 2.63. The maximum atomic E-state index is 5.51. The van der Waals surface area contributed by atoms with Crippen molar-refractivity contribution in [3.8, 4) is 0 Å². The molecule has 2 nitrogen and oxygen atoms in total. The average Bonchev–Trinajstić information content (AvgIpc) is 1.65. The van der Waals surface area contributed by atoms with E-state index < -0.39 is 0 Å². The van der Waals surface area contributed by atoms with Crippen LogP contribution in [0.4, 0.5) is 0 Å². The number of methoxy groups -OCH3 is 1. The Hall–Kier alpha value is -0.0800. The molecule has 0 aromatic heterocycles. The maximum absolute atomic E-state index is 5.51. The van der Waals surface area contributed by atoms with Gasteiger partial charge in [-0.2, -0.15) is 0 Å². The van der Waals surface area contributed by atoms with Crippen molar-refractivity contribution in [3.05, 3.63) is 0 Å². The minimum Gasteiger partial charge on any atom is -0.380 e. The lowest BCUT2D eigenvalue weighted by molar-refractivity contribution is 0.0213. The van der Waals surface area contributed by atoms with Gasteiger partial charge in [-0.3, -0.25) is 0 Å². The zero-order valence-electron chi connectivity index (χ0n) is 4.55. The Morgan fingerprint density at radius 3 is 2.29 bits per heavy atom. The van der Waals surface area contributed by atoms with E-state index in [-0.39, 0.29) is 0 Å². The normalized spacial score (nSPS) is 40.3. The van der Waals surface area contributed by atoms with Crippen LogP contribution in [0.2, 0.25) is 0 Å². The predicted octanol–water partition coefficient (Wildman–Crippen LogP) is 0.123. The third kappa shape index (κ3) is 0.763. The van der Waals surface area contributed by atoms with Crippen LogP contribution in [0.25, 0.3) is 0 Å². The molecule has 0 spiro atoms. The molecule has 0 aliphatic heterocycles. The topological polar surface area (TPSA) is 35.2 Å². The summed E-state index contributed by atoms with van der Waals surface area (Å²) in [6, 6.07) is 0.324. The number of hydrogen-bond donors (Lipinski definition) is 1. The minimum absolute atomic E-state index is 0.324. The third-order valence-corrected chi connectivity index (χ3v) is 1.56. The average molecular weight is 101 g/mol. The molecule has 2 atom stereocenters. The van der Waals surface area contributed by atoms with Crippen LogP contribution in [-0.2, 0) is 4.74 Å². The monoisotopic (exact) mass is 101 g/mol. The van der Waals surface area contributed by atoms with Gasteiger partial charge in [0.25, 0.3) is 0 Å². The largest absolute Gasteiger partial charge is 0.380 e. The van der Waals surface area contributed by atoms with Crippen molar-refractivity contribution in [2.75, 3.05) is 7.11 Å². The first-order chi connectivity index (χ1) is 3.34. The molecule has 0 heterocycles. The van der Waals surface area contributed by atoms with E-state index in [4.69, 9.17) is 10.5 Å². The lowest BCUT2D eigenvalue weighted by Crippen LogP contribution is -2.45. The second-order valence-corrected chi connectivity index (χ2v) is 2.02. The molecule has 0 aromatic carbocycles. The van der Waals surface area contributed by atoms with Gasteiger partial charge in [0.1, 0.15) is 0 Å². The van der Waals surface area contributed by atoms with E-state index in [2.05, 4.69) is 0 Å². The number of nitrogens with two attached hydrogens (primary N) is 1. The highest BCUT2D eigenvalue weighted by Gasteiger charge is 2.26. The molecule has 0 aromatic rings. The van der Waals surface area contributed by atoms with Gasteiger partial charge < -0.3 is 10.5 Å². The summed E-state index contributed by atoms with van der Waals surface area (Å²) in [6.45, 7) is 0. The van der Waals surface area contributed by atoms with Crippen LogP contribution < -0.4 is 5.73 Å². The van der Waals surface area contributed by atoms with Crippen LogP contribution in [0.3, 0.4) is 0 Å². The molecule has 0 unspecified atom stereocenters. The Kier molecular flexibility index (Phi) is 1.30. The Morgan fingerprint density at radius 1 is 1.57 bits per heavy atom. The molecule has 1 saturated carbocycles. The predicted molar refractivity (Wildman–Crippen MR) is 28.0 cm³/mol. The first-order valence-electron chi connectivity index (χ1n) is 2.63. The van der Waals surface area contributed by atoms with Gasteiger partial charge >= 0.3 is 0 Å². The summed E-state index contributed by atoms with van der Waals surface area (Å²) in [4.78, 5) is 0. The SMILES string of the molecule is CO[C@@H]1CC[C@@H]1N. The molecular formula is C5H11NO. The molecule has 0 saturated heterocycles. The van der Waals surface area contributed by atoms with Crippen molar-refractivity contribution in [2.45, 2.75) is 25.0 Å². The van der Waals surface area contributed by atoms with Gasteiger partial charge in [0.2, 0.25) is 0 Å². The quantitative estimate of drug-likeness (QED) is 0.509. The molecule has 1 aliphatic rings. The molecule has 42 valence electrons. The van der Waals surface area contributed by atoms with E-state index in [0.717, 1.165) is 12.8 Å². The maximum Gasteiger partial charge on any atom is 0.0722 e. The second-order valence-electron chi connectivity index (χ2n) is 2.02. The number of hydrogen-bond acceptors (Lipinski definition) is 2. The van der Waals surface area contributed by atoms with Crippen molar-refractivity contribution in [1.82, 2.24) is 0 Å². The molecule has 1 aliphatic carbocycles. The number of ether oxygens (including phenoxy) is 1. The molecule has 0 radical (unpaired) electrons. The van der Waals surface area contributed by atoms with Gasteiger partial charge in [-0.25, -0.2) is 0 Å². The molecule has 1 fully saturated rings. The van der Waals surface area contributed by atoms with E-state index in [1.54, 1.807) is 7.11 Å². The van der Waals surface area contributed by atoms with Crippen LogP contribution >= 0.6 is 0 Å². The highest BCUT2D eigenvalue weighted by atomic mass is 16.5. The summed E-state index contributed by atoms with van der Waals surface area (Å²) < 4.78 is 4.97. The lowest BCUT2D eigenvalue weighted by atomic mass is 9.90. The molecule has 7 heavy (non-hydrogen) atoms. The smallest absolute Gasteiger partial charge is 0.0722 e. The fourth-order valence-corrected chi connectivity index (χ4v) is 0.788. The zero-order chi connectivity index (χ0) is 5.28. The zero-order valence-corrected chi connectivity index (χ0v) is 4.55. The van der Waals surface area contributed by atoms with E-state index in [1.165, 1.54) is 0 Å². The Morgan fingerprint density at radius 2 is 2.29 bits per heavy atom. The standard InChI is InChI=1S/C5H11NO/c1-7-5-3-2-4(5)6/h4-5H,2-3,6H2,1H3/t4-,5+/m0/s1. The third-order valence-electron chi connectivity index (χ3n) is 1.56. The molecule has 1 rings (SSSR count). The molecular weight excluding hydrogens is 90.1 g/mol. The van der Waals surface area contributed by atoms with Crippen molar-refractivity contribution in [1.29, 1.82) is 0 Å². The fraction of sp³-hybridized carbons (Fsp3) is 1.00. The summed E-state index contributed by atoms with van der Waals surface area (Å²) >= 11 is 0. The van der Waals surface area contributed by atoms with Gasteiger partial charge in [-0.05, 0) is 12.8 Å². The fourth-order valence-electron chi connectivity index (χ4n) is 0.788. The van der Waals surface area contributed by atoms with E-state index in [9.17, 15) is 0 Å². The number of rotatable bonds is 1. The van der Waals surface area contributed by atoms with Gasteiger partial charge in [0, 0.05) is 13.2 Å². The minimum atomic E-state index is 0.324. The Labute approximate surface area is 43.6 Å². The highest BCUT2D eigenvalue weighted by Crippen LogP contribution is 2.19. The van der Waals surface area contributed by atoms with E-state index >= 15 is 0 Å². The van der Waals surface area contributed by atoms with Crippen LogP contribution in [0.1, 0.15) is 12.8 Å². The highest BCUT2D eigenvalue weighted by molar-refractivity contribution is 4.83. The Bertz CT molecular complexity index is 63.1. The van der Waals surface area contributed by atoms with Crippen LogP contribution in [0, 0.1) is 0 Å².